The van der Waals surface area contributed by atoms with Gasteiger partial charge in [0.15, 0.2) is 0 Å². The maximum atomic E-state index is 11.6. The normalized spacial score (nSPS) is 20.4. The molecular formula is C15H24N4O. The fourth-order valence-corrected chi connectivity index (χ4v) is 2.89. The van der Waals surface area contributed by atoms with Crippen LogP contribution in [0.3, 0.4) is 0 Å². The van der Waals surface area contributed by atoms with Crippen LogP contribution in [0.25, 0.3) is 0 Å². The number of piperidine rings is 1. The third-order valence-electron chi connectivity index (χ3n) is 4.00. The molecular weight excluding hydrogens is 252 g/mol. The van der Waals surface area contributed by atoms with Gasteiger partial charge < -0.3 is 16.4 Å². The molecule has 20 heavy (non-hydrogen) atoms. The number of nitrogens with two attached hydrogens (primary N) is 1. The van der Waals surface area contributed by atoms with E-state index in [-0.39, 0.29) is 6.04 Å². The summed E-state index contributed by atoms with van der Waals surface area (Å²) in [6.07, 6.45) is 2.39. The Balaban J connectivity index is 2.21. The zero-order valence-corrected chi connectivity index (χ0v) is 12.5. The number of primary amides is 1. The molecule has 5 heteroatoms. The van der Waals surface area contributed by atoms with Gasteiger partial charge in [-0.25, -0.2) is 4.98 Å². The van der Waals surface area contributed by atoms with E-state index in [2.05, 4.69) is 22.5 Å². The predicted octanol–water partition coefficient (Wildman–Crippen LogP) is 1.60. The van der Waals surface area contributed by atoms with Gasteiger partial charge in [0, 0.05) is 11.7 Å². The zero-order valence-electron chi connectivity index (χ0n) is 12.5. The number of pyridine rings is 1. The number of anilines is 1. The topological polar surface area (TPSA) is 80.0 Å². The molecule has 1 aromatic rings. The zero-order chi connectivity index (χ0) is 14.7. The third kappa shape index (κ3) is 3.28. The number of rotatable bonds is 4. The van der Waals surface area contributed by atoms with Crippen molar-refractivity contribution < 1.29 is 4.79 Å². The fourth-order valence-electron chi connectivity index (χ4n) is 2.89. The quantitative estimate of drug-likeness (QED) is 0.780. The molecule has 2 unspecified atom stereocenters. The third-order valence-corrected chi connectivity index (χ3v) is 4.00. The maximum absolute atomic E-state index is 11.6. The summed E-state index contributed by atoms with van der Waals surface area (Å²) < 4.78 is 0. The van der Waals surface area contributed by atoms with Crippen LogP contribution in [0, 0.1) is 19.8 Å². The Hall–Kier alpha value is -1.62. The SMILES string of the molecule is Cc1cc(C)c(C(N)=O)c(NC(C)C2CCCNC2)n1. The van der Waals surface area contributed by atoms with Gasteiger partial charge in [0.05, 0.1) is 5.56 Å². The minimum Gasteiger partial charge on any atom is -0.367 e. The number of carbonyl (C=O) groups is 1. The highest BCUT2D eigenvalue weighted by molar-refractivity contribution is 5.99. The van der Waals surface area contributed by atoms with E-state index in [1.165, 1.54) is 12.8 Å². The van der Waals surface area contributed by atoms with Gasteiger partial charge in [-0.3, -0.25) is 4.79 Å². The van der Waals surface area contributed by atoms with Crippen LogP contribution < -0.4 is 16.4 Å². The lowest BCUT2D eigenvalue weighted by Crippen LogP contribution is -2.39. The molecule has 1 amide bonds. The van der Waals surface area contributed by atoms with Crippen LogP contribution in [0.2, 0.25) is 0 Å². The van der Waals surface area contributed by atoms with E-state index < -0.39 is 5.91 Å². The number of aryl methyl sites for hydroxylation is 2. The first kappa shape index (κ1) is 14.8. The molecule has 4 N–H and O–H groups in total. The lowest BCUT2D eigenvalue weighted by molar-refractivity contribution is 0.1000. The lowest BCUT2D eigenvalue weighted by Gasteiger charge is -2.30. The first-order valence-electron chi connectivity index (χ1n) is 7.24. The highest BCUT2D eigenvalue weighted by atomic mass is 16.1. The summed E-state index contributed by atoms with van der Waals surface area (Å²) in [6.45, 7) is 8.06. The molecule has 0 bridgehead atoms. The average molecular weight is 276 g/mol. The summed E-state index contributed by atoms with van der Waals surface area (Å²) in [5.41, 5.74) is 7.76. The van der Waals surface area contributed by atoms with E-state index in [1.54, 1.807) is 0 Å². The molecule has 1 fully saturated rings. The first-order chi connectivity index (χ1) is 9.49. The van der Waals surface area contributed by atoms with Crippen molar-refractivity contribution in [1.82, 2.24) is 10.3 Å². The second-order valence-electron chi connectivity index (χ2n) is 5.71. The number of carbonyl (C=O) groups excluding carboxylic acids is 1. The van der Waals surface area contributed by atoms with E-state index in [4.69, 9.17) is 5.73 Å². The number of amides is 1. The summed E-state index contributed by atoms with van der Waals surface area (Å²) in [4.78, 5) is 16.1. The average Bonchev–Trinajstić information content (AvgIpc) is 2.38. The molecule has 1 aromatic heterocycles. The smallest absolute Gasteiger partial charge is 0.252 e. The second-order valence-corrected chi connectivity index (χ2v) is 5.71. The minimum absolute atomic E-state index is 0.259. The molecule has 2 atom stereocenters. The van der Waals surface area contributed by atoms with E-state index in [9.17, 15) is 4.79 Å². The van der Waals surface area contributed by atoms with Gasteiger partial charge in [0.2, 0.25) is 0 Å². The molecule has 2 rings (SSSR count). The highest BCUT2D eigenvalue weighted by Crippen LogP contribution is 2.22. The number of hydrogen-bond acceptors (Lipinski definition) is 4. The van der Waals surface area contributed by atoms with Crippen LogP contribution in [-0.4, -0.2) is 30.0 Å². The Kier molecular flexibility index (Phi) is 4.60. The summed E-state index contributed by atoms with van der Waals surface area (Å²) >= 11 is 0. The Morgan fingerprint density at radius 1 is 1.55 bits per heavy atom. The lowest BCUT2D eigenvalue weighted by atomic mass is 9.92. The largest absolute Gasteiger partial charge is 0.367 e. The summed E-state index contributed by atoms with van der Waals surface area (Å²) in [7, 11) is 0. The van der Waals surface area contributed by atoms with Crippen molar-refractivity contribution in [2.24, 2.45) is 11.7 Å². The molecule has 2 heterocycles. The molecule has 0 radical (unpaired) electrons. The van der Waals surface area contributed by atoms with Crippen molar-refractivity contribution in [3.8, 4) is 0 Å². The van der Waals surface area contributed by atoms with Crippen LogP contribution in [0.15, 0.2) is 6.07 Å². The van der Waals surface area contributed by atoms with Crippen molar-refractivity contribution in [2.45, 2.75) is 39.7 Å². The van der Waals surface area contributed by atoms with Crippen LogP contribution in [0.1, 0.15) is 41.4 Å². The van der Waals surface area contributed by atoms with Crippen molar-refractivity contribution in [1.29, 1.82) is 0 Å². The molecule has 5 nitrogen and oxygen atoms in total. The molecule has 0 aliphatic carbocycles. The van der Waals surface area contributed by atoms with Crippen LogP contribution in [-0.2, 0) is 0 Å². The fraction of sp³-hybridized carbons (Fsp3) is 0.600. The Morgan fingerprint density at radius 2 is 2.30 bits per heavy atom. The van der Waals surface area contributed by atoms with Crippen molar-refractivity contribution in [2.75, 3.05) is 18.4 Å². The first-order valence-corrected chi connectivity index (χ1v) is 7.24. The van der Waals surface area contributed by atoms with E-state index in [0.717, 1.165) is 24.3 Å². The number of hydrogen-bond donors (Lipinski definition) is 3. The van der Waals surface area contributed by atoms with Crippen LogP contribution in [0.5, 0.6) is 0 Å². The van der Waals surface area contributed by atoms with Gasteiger partial charge in [-0.2, -0.15) is 0 Å². The number of nitrogens with zero attached hydrogens (tertiary/aromatic N) is 1. The molecule has 0 aromatic carbocycles. The van der Waals surface area contributed by atoms with E-state index >= 15 is 0 Å². The monoisotopic (exact) mass is 276 g/mol. The number of nitrogens with one attached hydrogen (secondary N) is 2. The van der Waals surface area contributed by atoms with Gasteiger partial charge in [0.1, 0.15) is 5.82 Å². The van der Waals surface area contributed by atoms with Crippen LogP contribution in [0.4, 0.5) is 5.82 Å². The predicted molar refractivity (Wildman–Crippen MR) is 80.9 cm³/mol. The van der Waals surface area contributed by atoms with Crippen molar-refractivity contribution in [3.05, 3.63) is 22.9 Å². The number of aromatic nitrogens is 1. The Bertz CT molecular complexity index is 495. The molecule has 0 saturated carbocycles. The highest BCUT2D eigenvalue weighted by Gasteiger charge is 2.22. The molecule has 110 valence electrons. The minimum atomic E-state index is -0.425. The maximum Gasteiger partial charge on any atom is 0.252 e. The molecule has 0 spiro atoms. The van der Waals surface area contributed by atoms with Gasteiger partial charge in [-0.15, -0.1) is 0 Å². The van der Waals surface area contributed by atoms with Gasteiger partial charge in [-0.1, -0.05) is 0 Å². The van der Waals surface area contributed by atoms with Gasteiger partial charge in [0.25, 0.3) is 5.91 Å². The van der Waals surface area contributed by atoms with Crippen molar-refractivity contribution >= 4 is 11.7 Å². The Labute approximate surface area is 120 Å². The van der Waals surface area contributed by atoms with E-state index in [1.807, 2.05) is 19.9 Å². The summed E-state index contributed by atoms with van der Waals surface area (Å²) in [5.74, 6) is 0.742. The molecule has 1 saturated heterocycles. The van der Waals surface area contributed by atoms with Crippen LogP contribution >= 0.6 is 0 Å². The molecule has 1 aliphatic rings. The molecule has 1 aliphatic heterocycles. The summed E-state index contributed by atoms with van der Waals surface area (Å²) in [6, 6.07) is 2.15. The van der Waals surface area contributed by atoms with Crippen molar-refractivity contribution in [3.63, 3.8) is 0 Å². The summed E-state index contributed by atoms with van der Waals surface area (Å²) in [5, 5.41) is 6.80. The van der Waals surface area contributed by atoms with E-state index in [0.29, 0.717) is 17.3 Å². The second kappa shape index (κ2) is 6.22. The standard InChI is InChI=1S/C15H24N4O/c1-9-7-10(2)18-15(13(9)14(16)20)19-11(3)12-5-4-6-17-8-12/h7,11-12,17H,4-6,8H2,1-3H3,(H2,16,20)(H,18,19). The Morgan fingerprint density at radius 3 is 2.90 bits per heavy atom. The van der Waals surface area contributed by atoms with Gasteiger partial charge in [-0.05, 0) is 64.3 Å². The van der Waals surface area contributed by atoms with Gasteiger partial charge >= 0.3 is 0 Å².